The average Bonchev–Trinajstić information content (AvgIpc) is 2.46. The number of aliphatic hydroxyl groups excluding tert-OH is 1. The van der Waals surface area contributed by atoms with Crippen molar-refractivity contribution in [1.82, 2.24) is 4.98 Å². The summed E-state index contributed by atoms with van der Waals surface area (Å²) in [6, 6.07) is 10.8. The fourth-order valence-corrected chi connectivity index (χ4v) is 1.69. The van der Waals surface area contributed by atoms with Gasteiger partial charge in [0, 0.05) is 6.20 Å². The number of methoxy groups -OCH3 is 1. The van der Waals surface area contributed by atoms with Crippen LogP contribution in [0.3, 0.4) is 0 Å². The maximum absolute atomic E-state index is 11.4. The second-order valence-corrected chi connectivity index (χ2v) is 3.77. The van der Waals surface area contributed by atoms with Crippen molar-refractivity contribution < 1.29 is 14.6 Å². The van der Waals surface area contributed by atoms with E-state index in [1.54, 1.807) is 30.5 Å². The van der Waals surface area contributed by atoms with Gasteiger partial charge in [0.2, 0.25) is 0 Å². The number of carbonyl (C=O) groups excluding carboxylic acids is 1. The van der Waals surface area contributed by atoms with E-state index in [1.165, 1.54) is 7.11 Å². The number of nitrogens with zero attached hydrogens (tertiary/aromatic N) is 1. The largest absolute Gasteiger partial charge is 0.465 e. The van der Waals surface area contributed by atoms with E-state index in [0.29, 0.717) is 11.3 Å². The van der Waals surface area contributed by atoms with Gasteiger partial charge in [0.05, 0.1) is 25.0 Å². The summed E-state index contributed by atoms with van der Waals surface area (Å²) in [5.41, 5.74) is 2.88. The first kappa shape index (κ1) is 12.3. The molecule has 1 aromatic heterocycles. The summed E-state index contributed by atoms with van der Waals surface area (Å²) in [5.74, 6) is -0.367. The van der Waals surface area contributed by atoms with Crippen molar-refractivity contribution in [3.05, 3.63) is 53.9 Å². The third-order valence-corrected chi connectivity index (χ3v) is 2.60. The maximum atomic E-state index is 11.4. The summed E-state index contributed by atoms with van der Waals surface area (Å²) >= 11 is 0. The number of hydrogen-bond acceptors (Lipinski definition) is 4. The molecule has 0 saturated carbocycles. The van der Waals surface area contributed by atoms with Gasteiger partial charge in [0.1, 0.15) is 0 Å². The Hall–Kier alpha value is -2.20. The summed E-state index contributed by atoms with van der Waals surface area (Å²) in [5, 5.41) is 9.05. The molecule has 0 bridgehead atoms. The molecule has 1 heterocycles. The topological polar surface area (TPSA) is 59.4 Å². The molecule has 0 atom stereocenters. The molecule has 0 unspecified atom stereocenters. The van der Waals surface area contributed by atoms with Crippen molar-refractivity contribution in [3.8, 4) is 11.1 Å². The van der Waals surface area contributed by atoms with Crippen molar-refractivity contribution >= 4 is 5.97 Å². The molecule has 0 aliphatic carbocycles. The molecule has 1 aromatic carbocycles. The van der Waals surface area contributed by atoms with Crippen LogP contribution >= 0.6 is 0 Å². The molecule has 0 spiro atoms. The Kier molecular flexibility index (Phi) is 3.69. The highest BCUT2D eigenvalue weighted by atomic mass is 16.5. The minimum Gasteiger partial charge on any atom is -0.465 e. The van der Waals surface area contributed by atoms with Crippen LogP contribution in [0.25, 0.3) is 11.1 Å². The van der Waals surface area contributed by atoms with Crippen LogP contribution in [0.1, 0.15) is 16.1 Å². The van der Waals surface area contributed by atoms with Crippen LogP contribution in [0.5, 0.6) is 0 Å². The summed E-state index contributed by atoms with van der Waals surface area (Å²) in [4.78, 5) is 15.5. The first-order chi connectivity index (χ1) is 8.74. The quantitative estimate of drug-likeness (QED) is 0.838. The van der Waals surface area contributed by atoms with Crippen molar-refractivity contribution in [2.24, 2.45) is 0 Å². The minimum atomic E-state index is -0.367. The number of ether oxygens (including phenoxy) is 1. The van der Waals surface area contributed by atoms with Gasteiger partial charge >= 0.3 is 5.97 Å². The van der Waals surface area contributed by atoms with E-state index >= 15 is 0 Å². The number of hydrogen-bond donors (Lipinski definition) is 1. The predicted octanol–water partition coefficient (Wildman–Crippen LogP) is 2.03. The van der Waals surface area contributed by atoms with Crippen molar-refractivity contribution in [2.75, 3.05) is 7.11 Å². The van der Waals surface area contributed by atoms with Crippen LogP contribution in [-0.2, 0) is 11.3 Å². The summed E-state index contributed by atoms with van der Waals surface area (Å²) in [6.45, 7) is -0.107. The maximum Gasteiger partial charge on any atom is 0.337 e. The molecule has 18 heavy (non-hydrogen) atoms. The molecule has 0 amide bonds. The van der Waals surface area contributed by atoms with E-state index in [-0.39, 0.29) is 12.6 Å². The van der Waals surface area contributed by atoms with Gasteiger partial charge in [-0.2, -0.15) is 0 Å². The average molecular weight is 243 g/mol. The fourth-order valence-electron chi connectivity index (χ4n) is 1.69. The van der Waals surface area contributed by atoms with Gasteiger partial charge in [-0.15, -0.1) is 0 Å². The van der Waals surface area contributed by atoms with Gasteiger partial charge in [-0.1, -0.05) is 12.1 Å². The van der Waals surface area contributed by atoms with Gasteiger partial charge in [0.25, 0.3) is 0 Å². The summed E-state index contributed by atoms with van der Waals surface area (Å²) < 4.78 is 4.68. The number of rotatable bonds is 3. The van der Waals surface area contributed by atoms with E-state index in [9.17, 15) is 4.79 Å². The van der Waals surface area contributed by atoms with Gasteiger partial charge in [-0.3, -0.25) is 4.98 Å². The molecule has 2 aromatic rings. The zero-order chi connectivity index (χ0) is 13.0. The molecule has 2 rings (SSSR count). The second kappa shape index (κ2) is 5.42. The molecule has 4 nitrogen and oxygen atoms in total. The van der Waals surface area contributed by atoms with Gasteiger partial charge in [-0.25, -0.2) is 4.79 Å². The normalized spacial score (nSPS) is 10.1. The molecule has 0 radical (unpaired) electrons. The van der Waals surface area contributed by atoms with Crippen molar-refractivity contribution in [3.63, 3.8) is 0 Å². The van der Waals surface area contributed by atoms with Gasteiger partial charge in [0.15, 0.2) is 0 Å². The van der Waals surface area contributed by atoms with Crippen LogP contribution in [0.15, 0.2) is 42.6 Å². The molecule has 0 saturated heterocycles. The zero-order valence-corrected chi connectivity index (χ0v) is 9.96. The zero-order valence-electron chi connectivity index (χ0n) is 9.96. The standard InChI is InChI=1S/C14H13NO3/c1-18-14(17)12-4-2-3-10(7-12)11-5-6-15-13(8-11)9-16/h2-8,16H,9H2,1H3. The molecular formula is C14H13NO3. The first-order valence-electron chi connectivity index (χ1n) is 5.49. The monoisotopic (exact) mass is 243 g/mol. The predicted molar refractivity (Wildman–Crippen MR) is 66.9 cm³/mol. The lowest BCUT2D eigenvalue weighted by atomic mass is 10.0. The third kappa shape index (κ3) is 2.55. The minimum absolute atomic E-state index is 0.107. The number of carbonyl (C=O) groups is 1. The SMILES string of the molecule is COC(=O)c1cccc(-c2ccnc(CO)c2)c1. The Morgan fingerprint density at radius 2 is 2.06 bits per heavy atom. The Bertz CT molecular complexity index is 566. The second-order valence-electron chi connectivity index (χ2n) is 3.77. The van der Waals surface area contributed by atoms with Crippen LogP contribution < -0.4 is 0 Å². The lowest BCUT2D eigenvalue weighted by molar-refractivity contribution is 0.0601. The number of aliphatic hydroxyl groups is 1. The molecule has 0 fully saturated rings. The third-order valence-electron chi connectivity index (χ3n) is 2.60. The van der Waals surface area contributed by atoms with E-state index in [0.717, 1.165) is 11.1 Å². The first-order valence-corrected chi connectivity index (χ1v) is 5.49. The van der Waals surface area contributed by atoms with Crippen LogP contribution in [0.2, 0.25) is 0 Å². The molecule has 0 aliphatic heterocycles. The summed E-state index contributed by atoms with van der Waals surface area (Å²) in [6.07, 6.45) is 1.63. The molecule has 4 heteroatoms. The van der Waals surface area contributed by atoms with Gasteiger partial charge in [-0.05, 0) is 35.4 Å². The van der Waals surface area contributed by atoms with E-state index < -0.39 is 0 Å². The summed E-state index contributed by atoms with van der Waals surface area (Å²) in [7, 11) is 1.35. The Morgan fingerprint density at radius 3 is 2.78 bits per heavy atom. The number of aromatic nitrogens is 1. The molecule has 1 N–H and O–H groups in total. The van der Waals surface area contributed by atoms with Crippen LogP contribution in [0, 0.1) is 0 Å². The van der Waals surface area contributed by atoms with Crippen LogP contribution in [0.4, 0.5) is 0 Å². The lowest BCUT2D eigenvalue weighted by Crippen LogP contribution is -2.00. The van der Waals surface area contributed by atoms with Crippen molar-refractivity contribution in [2.45, 2.75) is 6.61 Å². The lowest BCUT2D eigenvalue weighted by Gasteiger charge is -2.05. The Morgan fingerprint density at radius 1 is 1.28 bits per heavy atom. The van der Waals surface area contributed by atoms with E-state index in [2.05, 4.69) is 9.72 Å². The highest BCUT2D eigenvalue weighted by Gasteiger charge is 2.07. The molecule has 92 valence electrons. The highest BCUT2D eigenvalue weighted by molar-refractivity contribution is 5.90. The molecule has 0 aliphatic rings. The fraction of sp³-hybridized carbons (Fsp3) is 0.143. The Labute approximate surface area is 105 Å². The number of esters is 1. The number of pyridine rings is 1. The van der Waals surface area contributed by atoms with Crippen LogP contribution in [-0.4, -0.2) is 23.2 Å². The van der Waals surface area contributed by atoms with Crippen molar-refractivity contribution in [1.29, 1.82) is 0 Å². The molecular weight excluding hydrogens is 230 g/mol. The van der Waals surface area contributed by atoms with E-state index in [4.69, 9.17) is 5.11 Å². The van der Waals surface area contributed by atoms with E-state index in [1.807, 2.05) is 12.1 Å². The highest BCUT2D eigenvalue weighted by Crippen LogP contribution is 2.21. The smallest absolute Gasteiger partial charge is 0.337 e. The number of benzene rings is 1. The van der Waals surface area contributed by atoms with Gasteiger partial charge < -0.3 is 9.84 Å². The Balaban J connectivity index is 2.41.